The van der Waals surface area contributed by atoms with E-state index in [0.29, 0.717) is 45.0 Å². The predicted octanol–water partition coefficient (Wildman–Crippen LogP) is 5.58. The molecule has 6 nitrogen and oxygen atoms in total. The molecule has 0 spiro atoms. The number of hydrogen-bond acceptors (Lipinski definition) is 6. The highest BCUT2D eigenvalue weighted by Crippen LogP contribution is 2.39. The number of rotatable bonds is 4. The predicted molar refractivity (Wildman–Crippen MR) is 121 cm³/mol. The number of aromatic nitrogens is 2. The van der Waals surface area contributed by atoms with E-state index in [1.165, 1.54) is 13.8 Å². The summed E-state index contributed by atoms with van der Waals surface area (Å²) in [4.78, 5) is 33.0. The summed E-state index contributed by atoms with van der Waals surface area (Å²) in [5.74, 6) is -0.144. The summed E-state index contributed by atoms with van der Waals surface area (Å²) in [6.45, 7) is 2.69. The molecule has 1 aromatic heterocycles. The molecule has 3 aromatic carbocycles. The van der Waals surface area contributed by atoms with Gasteiger partial charge in [0.15, 0.2) is 0 Å². The van der Waals surface area contributed by atoms with Gasteiger partial charge < -0.3 is 9.47 Å². The molecular formula is C24H17BrN2O4. The first kappa shape index (κ1) is 20.7. The highest BCUT2D eigenvalue weighted by atomic mass is 79.9. The van der Waals surface area contributed by atoms with E-state index in [2.05, 4.69) is 15.9 Å². The molecule has 4 aromatic rings. The Morgan fingerprint density at radius 3 is 1.71 bits per heavy atom. The van der Waals surface area contributed by atoms with E-state index < -0.39 is 11.9 Å². The number of ether oxygens (including phenoxy) is 2. The van der Waals surface area contributed by atoms with Crippen LogP contribution in [0.2, 0.25) is 0 Å². The second kappa shape index (κ2) is 8.65. The normalized spacial score (nSPS) is 10.7. The largest absolute Gasteiger partial charge is 0.426 e. The summed E-state index contributed by atoms with van der Waals surface area (Å²) in [5.41, 5.74) is 3.54. The van der Waals surface area contributed by atoms with Crippen molar-refractivity contribution in [1.29, 1.82) is 0 Å². The number of carbonyl (C=O) groups is 2. The fourth-order valence-corrected chi connectivity index (χ4v) is 3.56. The summed E-state index contributed by atoms with van der Waals surface area (Å²) < 4.78 is 11.7. The van der Waals surface area contributed by atoms with Gasteiger partial charge in [0.05, 0.1) is 11.0 Å². The van der Waals surface area contributed by atoms with Gasteiger partial charge >= 0.3 is 11.9 Å². The van der Waals surface area contributed by atoms with Gasteiger partial charge in [-0.2, -0.15) is 0 Å². The number of fused-ring (bicyclic) bond motifs is 1. The van der Waals surface area contributed by atoms with E-state index in [9.17, 15) is 9.59 Å². The molecule has 0 bridgehead atoms. The maximum Gasteiger partial charge on any atom is 0.308 e. The smallest absolute Gasteiger partial charge is 0.308 e. The van der Waals surface area contributed by atoms with E-state index in [0.717, 1.165) is 4.47 Å². The van der Waals surface area contributed by atoms with Crippen LogP contribution in [0, 0.1) is 0 Å². The van der Waals surface area contributed by atoms with Crippen molar-refractivity contribution < 1.29 is 19.1 Å². The Labute approximate surface area is 187 Å². The van der Waals surface area contributed by atoms with Crippen LogP contribution in [0.5, 0.6) is 11.5 Å². The molecule has 0 saturated carbocycles. The molecule has 7 heteroatoms. The molecule has 0 aliphatic heterocycles. The zero-order valence-electron chi connectivity index (χ0n) is 16.8. The maximum absolute atomic E-state index is 11.7. The van der Waals surface area contributed by atoms with Crippen LogP contribution in [-0.4, -0.2) is 21.9 Å². The molecule has 1 heterocycles. The summed E-state index contributed by atoms with van der Waals surface area (Å²) in [7, 11) is 0. The van der Waals surface area contributed by atoms with Gasteiger partial charge in [-0.25, -0.2) is 9.97 Å². The maximum atomic E-state index is 11.7. The van der Waals surface area contributed by atoms with Crippen LogP contribution in [0.1, 0.15) is 13.8 Å². The highest BCUT2D eigenvalue weighted by molar-refractivity contribution is 9.10. The van der Waals surface area contributed by atoms with Gasteiger partial charge in [0, 0.05) is 29.4 Å². The third-order valence-corrected chi connectivity index (χ3v) is 4.91. The van der Waals surface area contributed by atoms with E-state index in [1.807, 2.05) is 42.5 Å². The fourth-order valence-electron chi connectivity index (χ4n) is 3.22. The molecule has 0 fully saturated rings. The molecule has 0 N–H and O–H groups in total. The Balaban J connectivity index is 2.04. The summed E-state index contributed by atoms with van der Waals surface area (Å²) in [6.07, 6.45) is 0. The number of esters is 2. The van der Waals surface area contributed by atoms with Crippen LogP contribution in [-0.2, 0) is 9.59 Å². The molecule has 0 saturated heterocycles. The third kappa shape index (κ3) is 4.46. The third-order valence-electron chi connectivity index (χ3n) is 4.42. The monoisotopic (exact) mass is 476 g/mol. The van der Waals surface area contributed by atoms with E-state index in [1.54, 1.807) is 24.3 Å². The first-order valence-corrected chi connectivity index (χ1v) is 10.2. The Hall–Kier alpha value is -3.58. The van der Waals surface area contributed by atoms with Crippen LogP contribution in [0.3, 0.4) is 0 Å². The molecular weight excluding hydrogens is 460 g/mol. The van der Waals surface area contributed by atoms with Crippen molar-refractivity contribution in [2.75, 3.05) is 0 Å². The van der Waals surface area contributed by atoms with Crippen LogP contribution in [0.15, 0.2) is 71.2 Å². The first-order chi connectivity index (χ1) is 14.9. The van der Waals surface area contributed by atoms with Crippen LogP contribution in [0.25, 0.3) is 33.5 Å². The van der Waals surface area contributed by atoms with Crippen LogP contribution >= 0.6 is 15.9 Å². The molecule has 4 rings (SSSR count). The molecule has 154 valence electrons. The number of para-hydroxylation sites is 2. The van der Waals surface area contributed by atoms with Gasteiger partial charge in [0.2, 0.25) is 0 Å². The van der Waals surface area contributed by atoms with Crippen molar-refractivity contribution in [2.24, 2.45) is 0 Å². The van der Waals surface area contributed by atoms with Crippen molar-refractivity contribution in [2.45, 2.75) is 13.8 Å². The average Bonchev–Trinajstić information content (AvgIpc) is 2.73. The summed E-state index contributed by atoms with van der Waals surface area (Å²) in [6, 6.07) is 19.8. The Bertz CT molecular complexity index is 1320. The van der Waals surface area contributed by atoms with E-state index in [-0.39, 0.29) is 0 Å². The molecule has 0 atom stereocenters. The zero-order chi connectivity index (χ0) is 22.0. The van der Waals surface area contributed by atoms with Crippen molar-refractivity contribution in [3.8, 4) is 34.0 Å². The SMILES string of the molecule is CC(=O)Oc1ccccc1-c1nc2ccc(Br)cc2nc1-c1ccccc1OC(C)=O. The Morgan fingerprint density at radius 1 is 0.710 bits per heavy atom. The number of carbonyl (C=O) groups excluding carboxylic acids is 2. The lowest BCUT2D eigenvalue weighted by Gasteiger charge is -2.15. The molecule has 0 amide bonds. The van der Waals surface area contributed by atoms with E-state index >= 15 is 0 Å². The zero-order valence-corrected chi connectivity index (χ0v) is 18.3. The lowest BCUT2D eigenvalue weighted by molar-refractivity contribution is -0.132. The van der Waals surface area contributed by atoms with Crippen molar-refractivity contribution in [3.05, 3.63) is 71.2 Å². The van der Waals surface area contributed by atoms with Crippen LogP contribution in [0.4, 0.5) is 0 Å². The minimum Gasteiger partial charge on any atom is -0.426 e. The highest BCUT2D eigenvalue weighted by Gasteiger charge is 2.20. The molecule has 0 aliphatic rings. The minimum atomic E-state index is -0.439. The Kier molecular flexibility index (Phi) is 5.77. The topological polar surface area (TPSA) is 78.4 Å². The standard InChI is InChI=1S/C24H17BrN2O4/c1-14(28)30-21-9-5-3-7-17(21)23-24(18-8-4-6-10-22(18)31-15(2)29)27-20-13-16(25)11-12-19(20)26-23/h3-13H,1-2H3. The fraction of sp³-hybridized carbons (Fsp3) is 0.0833. The van der Waals surface area contributed by atoms with Gasteiger partial charge in [-0.15, -0.1) is 0 Å². The van der Waals surface area contributed by atoms with Crippen molar-refractivity contribution in [1.82, 2.24) is 9.97 Å². The molecule has 0 unspecified atom stereocenters. The molecule has 0 aliphatic carbocycles. The van der Waals surface area contributed by atoms with Crippen molar-refractivity contribution in [3.63, 3.8) is 0 Å². The van der Waals surface area contributed by atoms with Gasteiger partial charge in [-0.1, -0.05) is 40.2 Å². The van der Waals surface area contributed by atoms with Gasteiger partial charge in [-0.3, -0.25) is 9.59 Å². The van der Waals surface area contributed by atoms with Gasteiger partial charge in [0.1, 0.15) is 22.9 Å². The quantitative estimate of drug-likeness (QED) is 0.282. The van der Waals surface area contributed by atoms with Crippen molar-refractivity contribution >= 4 is 38.9 Å². The van der Waals surface area contributed by atoms with Gasteiger partial charge in [0.25, 0.3) is 0 Å². The van der Waals surface area contributed by atoms with E-state index in [4.69, 9.17) is 19.4 Å². The second-order valence-corrected chi connectivity index (χ2v) is 7.65. The molecule has 0 radical (unpaired) electrons. The average molecular weight is 477 g/mol. The van der Waals surface area contributed by atoms with Gasteiger partial charge in [-0.05, 0) is 42.5 Å². The summed E-state index contributed by atoms with van der Waals surface area (Å²) >= 11 is 3.47. The first-order valence-electron chi connectivity index (χ1n) is 9.45. The number of nitrogens with zero attached hydrogens (tertiary/aromatic N) is 2. The van der Waals surface area contributed by atoms with Crippen LogP contribution < -0.4 is 9.47 Å². The Morgan fingerprint density at radius 2 is 1.19 bits per heavy atom. The molecule has 31 heavy (non-hydrogen) atoms. The summed E-state index contributed by atoms with van der Waals surface area (Å²) in [5, 5.41) is 0. The number of benzene rings is 3. The lowest BCUT2D eigenvalue weighted by atomic mass is 10.0. The number of hydrogen-bond donors (Lipinski definition) is 0. The minimum absolute atomic E-state index is 0.366. The second-order valence-electron chi connectivity index (χ2n) is 6.73. The lowest BCUT2D eigenvalue weighted by Crippen LogP contribution is -2.05. The number of halogens is 1.